The molecule has 0 radical (unpaired) electrons. The molecule has 0 saturated heterocycles. The number of benzene rings is 2. The fourth-order valence-corrected chi connectivity index (χ4v) is 4.65. The molecule has 138 valence electrons. The highest BCUT2D eigenvalue weighted by atomic mass is 35.5. The normalized spacial score (nSPS) is 14.8. The Bertz CT molecular complexity index is 959. The number of para-hydroxylation sites is 1. The first kappa shape index (κ1) is 18.7. The number of carbonyl (C=O) groups is 1. The van der Waals surface area contributed by atoms with E-state index in [0.29, 0.717) is 17.3 Å². The minimum atomic E-state index is -3.67. The maximum Gasteiger partial charge on any atom is 0.250 e. The Morgan fingerprint density at radius 1 is 1.23 bits per heavy atom. The zero-order chi connectivity index (χ0) is 19.1. The average molecular weight is 393 g/mol. The fraction of sp³-hybridized carbons (Fsp3) is 0.316. The Balaban J connectivity index is 1.97. The number of sulfonamides is 1. The van der Waals surface area contributed by atoms with Crippen molar-refractivity contribution in [3.05, 3.63) is 58.6 Å². The molecule has 1 heterocycles. The van der Waals surface area contributed by atoms with Gasteiger partial charge >= 0.3 is 0 Å². The van der Waals surface area contributed by atoms with Crippen molar-refractivity contribution in [1.29, 1.82) is 0 Å². The highest BCUT2D eigenvalue weighted by Gasteiger charge is 2.35. The zero-order valence-corrected chi connectivity index (χ0v) is 16.5. The molecule has 5 nitrogen and oxygen atoms in total. The molecule has 2 aromatic carbocycles. The van der Waals surface area contributed by atoms with E-state index in [4.69, 9.17) is 11.6 Å². The molecule has 0 saturated carbocycles. The molecule has 1 aliphatic rings. The summed E-state index contributed by atoms with van der Waals surface area (Å²) in [7, 11) is -3.67. The third-order valence-corrected chi connectivity index (χ3v) is 6.28. The number of carbonyl (C=O) groups excluding carboxylic acids is 1. The van der Waals surface area contributed by atoms with Gasteiger partial charge in [-0.2, -0.15) is 0 Å². The summed E-state index contributed by atoms with van der Waals surface area (Å²) in [6.07, 6.45) is 1.87. The third-order valence-electron chi connectivity index (χ3n) is 4.63. The van der Waals surface area contributed by atoms with E-state index in [9.17, 15) is 13.2 Å². The molecule has 0 aliphatic carbocycles. The number of nitrogens with zero attached hydrogens (tertiary/aromatic N) is 2. The first-order valence-electron chi connectivity index (χ1n) is 8.35. The molecule has 0 N–H and O–H groups in total. The van der Waals surface area contributed by atoms with Crippen molar-refractivity contribution in [2.45, 2.75) is 26.3 Å². The van der Waals surface area contributed by atoms with Crippen LogP contribution in [0.3, 0.4) is 0 Å². The highest BCUT2D eigenvalue weighted by molar-refractivity contribution is 7.92. The topological polar surface area (TPSA) is 57.7 Å². The summed E-state index contributed by atoms with van der Waals surface area (Å²) in [5.41, 5.74) is 3.17. The Morgan fingerprint density at radius 3 is 2.58 bits per heavy atom. The van der Waals surface area contributed by atoms with Crippen LogP contribution in [0.4, 0.5) is 11.4 Å². The second-order valence-corrected chi connectivity index (χ2v) is 8.80. The zero-order valence-electron chi connectivity index (χ0n) is 14.9. The molecule has 0 spiro atoms. The van der Waals surface area contributed by atoms with E-state index in [-0.39, 0.29) is 5.91 Å². The first-order chi connectivity index (χ1) is 12.2. The summed E-state index contributed by atoms with van der Waals surface area (Å²) >= 11 is 6.17. The van der Waals surface area contributed by atoms with Crippen LogP contribution in [0.25, 0.3) is 0 Å². The van der Waals surface area contributed by atoms with Crippen LogP contribution in [-0.2, 0) is 21.2 Å². The Labute approximate surface area is 159 Å². The Morgan fingerprint density at radius 2 is 1.92 bits per heavy atom. The predicted molar refractivity (Wildman–Crippen MR) is 105 cm³/mol. The van der Waals surface area contributed by atoms with Gasteiger partial charge in [-0.05, 0) is 49.6 Å². The molecule has 0 bridgehead atoms. The maximum absolute atomic E-state index is 13.1. The van der Waals surface area contributed by atoms with Gasteiger partial charge in [0.05, 0.1) is 11.9 Å². The molecule has 26 heavy (non-hydrogen) atoms. The van der Waals surface area contributed by atoms with Crippen LogP contribution < -0.4 is 9.21 Å². The van der Waals surface area contributed by atoms with Crippen molar-refractivity contribution in [3.63, 3.8) is 0 Å². The van der Waals surface area contributed by atoms with Gasteiger partial charge in [-0.25, -0.2) is 8.42 Å². The second-order valence-electron chi connectivity index (χ2n) is 6.54. The van der Waals surface area contributed by atoms with Gasteiger partial charge < -0.3 is 4.90 Å². The second kappa shape index (κ2) is 6.93. The number of anilines is 2. The number of fused-ring (bicyclic) bond motifs is 1. The van der Waals surface area contributed by atoms with Crippen LogP contribution in [-0.4, -0.2) is 33.2 Å². The van der Waals surface area contributed by atoms with Gasteiger partial charge in [-0.1, -0.05) is 35.9 Å². The van der Waals surface area contributed by atoms with E-state index in [2.05, 4.69) is 0 Å². The largest absolute Gasteiger partial charge is 0.310 e. The van der Waals surface area contributed by atoms with Gasteiger partial charge in [0.25, 0.3) is 5.91 Å². The molecule has 0 fully saturated rings. The monoisotopic (exact) mass is 392 g/mol. The number of hydrogen-bond donors (Lipinski definition) is 0. The molecule has 7 heteroatoms. The lowest BCUT2D eigenvalue weighted by atomic mass is 10.1. The van der Waals surface area contributed by atoms with Crippen molar-refractivity contribution < 1.29 is 13.2 Å². The Hall–Kier alpha value is -2.05. The van der Waals surface area contributed by atoms with E-state index < -0.39 is 16.1 Å². The molecule has 3 rings (SSSR count). The van der Waals surface area contributed by atoms with E-state index >= 15 is 0 Å². The summed E-state index contributed by atoms with van der Waals surface area (Å²) < 4.78 is 26.0. The van der Waals surface area contributed by atoms with E-state index in [1.807, 2.05) is 31.2 Å². The van der Waals surface area contributed by atoms with Crippen molar-refractivity contribution in [1.82, 2.24) is 0 Å². The summed E-state index contributed by atoms with van der Waals surface area (Å²) in [6, 6.07) is 11.8. The number of halogens is 1. The maximum atomic E-state index is 13.1. The molecule has 1 amide bonds. The average Bonchev–Trinajstić information content (AvgIpc) is 3.00. The van der Waals surface area contributed by atoms with Crippen molar-refractivity contribution >= 4 is 38.9 Å². The summed E-state index contributed by atoms with van der Waals surface area (Å²) in [5.74, 6) is -0.253. The summed E-state index contributed by atoms with van der Waals surface area (Å²) in [5, 5.41) is 0.460. The van der Waals surface area contributed by atoms with Crippen LogP contribution in [0.15, 0.2) is 42.5 Å². The number of amides is 1. The molecular weight excluding hydrogens is 372 g/mol. The minimum absolute atomic E-state index is 0.253. The third kappa shape index (κ3) is 3.44. The molecular formula is C19H21ClN2O3S. The smallest absolute Gasteiger partial charge is 0.250 e. The van der Waals surface area contributed by atoms with Gasteiger partial charge in [0.1, 0.15) is 6.04 Å². The van der Waals surface area contributed by atoms with E-state index in [1.165, 1.54) is 0 Å². The summed E-state index contributed by atoms with van der Waals surface area (Å²) in [6.45, 7) is 4.00. The number of aryl methyl sites for hydroxylation is 1. The van der Waals surface area contributed by atoms with Gasteiger partial charge in [-0.15, -0.1) is 0 Å². The quantitative estimate of drug-likeness (QED) is 0.801. The standard InChI is InChI=1S/C19H21ClN2O3S/c1-13-8-9-16(12-17(13)20)22(26(3,24)25)14(2)19(23)21-11-10-15-6-4-5-7-18(15)21/h4-9,12,14H,10-11H2,1-3H3. The van der Waals surface area contributed by atoms with Crippen LogP contribution in [0.1, 0.15) is 18.1 Å². The molecule has 1 atom stereocenters. The molecule has 1 aliphatic heterocycles. The van der Waals surface area contributed by atoms with Crippen LogP contribution in [0.5, 0.6) is 0 Å². The van der Waals surface area contributed by atoms with E-state index in [0.717, 1.165) is 33.8 Å². The first-order valence-corrected chi connectivity index (χ1v) is 10.6. The summed E-state index contributed by atoms with van der Waals surface area (Å²) in [4.78, 5) is 14.8. The van der Waals surface area contributed by atoms with Crippen LogP contribution in [0, 0.1) is 6.92 Å². The lowest BCUT2D eigenvalue weighted by Crippen LogP contribution is -2.49. The van der Waals surface area contributed by atoms with Crippen molar-refractivity contribution in [2.75, 3.05) is 22.0 Å². The highest BCUT2D eigenvalue weighted by Crippen LogP contribution is 2.31. The molecule has 1 unspecified atom stereocenters. The predicted octanol–water partition coefficient (Wildman–Crippen LogP) is 3.39. The van der Waals surface area contributed by atoms with Gasteiger partial charge in [-0.3, -0.25) is 9.10 Å². The van der Waals surface area contributed by atoms with Crippen LogP contribution >= 0.6 is 11.6 Å². The molecule has 0 aromatic heterocycles. The van der Waals surface area contributed by atoms with Gasteiger partial charge in [0.15, 0.2) is 0 Å². The van der Waals surface area contributed by atoms with Gasteiger partial charge in [0.2, 0.25) is 10.0 Å². The number of rotatable bonds is 4. The van der Waals surface area contributed by atoms with E-state index in [1.54, 1.807) is 30.0 Å². The van der Waals surface area contributed by atoms with Crippen molar-refractivity contribution in [3.8, 4) is 0 Å². The molecule has 2 aromatic rings. The Kier molecular flexibility index (Phi) is 4.99. The van der Waals surface area contributed by atoms with Crippen LogP contribution in [0.2, 0.25) is 5.02 Å². The van der Waals surface area contributed by atoms with Crippen molar-refractivity contribution in [2.24, 2.45) is 0 Å². The van der Waals surface area contributed by atoms with Gasteiger partial charge in [0, 0.05) is 17.3 Å². The lowest BCUT2D eigenvalue weighted by Gasteiger charge is -2.31. The fourth-order valence-electron chi connectivity index (χ4n) is 3.31. The SMILES string of the molecule is Cc1ccc(N(C(C)C(=O)N2CCc3ccccc32)S(C)(=O)=O)cc1Cl. The minimum Gasteiger partial charge on any atom is -0.310 e. The lowest BCUT2D eigenvalue weighted by molar-refractivity contribution is -0.119. The number of hydrogen-bond acceptors (Lipinski definition) is 3.